The van der Waals surface area contributed by atoms with Gasteiger partial charge in [-0.25, -0.2) is 5.84 Å². The number of allylic oxidation sites excluding steroid dienone is 3. The van der Waals surface area contributed by atoms with Crippen LogP contribution in [0.1, 0.15) is 6.92 Å². The van der Waals surface area contributed by atoms with Crippen molar-refractivity contribution < 1.29 is 9.26 Å². The highest BCUT2D eigenvalue weighted by atomic mass is 15.5. The molecule has 0 aliphatic carbocycles. The molecule has 0 fully saturated rings. The van der Waals surface area contributed by atoms with E-state index < -0.39 is 0 Å². The van der Waals surface area contributed by atoms with Gasteiger partial charge >= 0.3 is 12.5 Å². The van der Waals surface area contributed by atoms with Crippen molar-refractivity contribution in [1.29, 1.82) is 0 Å². The number of hydrogen-bond donors (Lipinski definition) is 1. The molecule has 0 saturated heterocycles. The quantitative estimate of drug-likeness (QED) is 0.427. The molecule has 1 atom stereocenters. The second kappa shape index (κ2) is 2.35. The maximum absolute atomic E-state index is 5.79. The van der Waals surface area contributed by atoms with Crippen LogP contribution in [0.4, 0.5) is 0 Å². The first-order valence-corrected chi connectivity index (χ1v) is 4.62. The molecule has 2 N–H and O–H groups in total. The normalized spacial score (nSPS) is 27.8. The van der Waals surface area contributed by atoms with Gasteiger partial charge in [-0.05, 0) is 16.8 Å². The maximum Gasteiger partial charge on any atom is 0.437 e. The van der Waals surface area contributed by atoms with Crippen LogP contribution in [0.25, 0.3) is 0 Å². The summed E-state index contributed by atoms with van der Waals surface area (Å²) in [6.07, 6.45) is 12.5. The highest BCUT2D eigenvalue weighted by Gasteiger charge is 2.47. The lowest BCUT2D eigenvalue weighted by Gasteiger charge is -2.16. The zero-order valence-electron chi connectivity index (χ0n) is 7.96. The van der Waals surface area contributed by atoms with Crippen molar-refractivity contribution in [3.05, 3.63) is 36.3 Å². The molecule has 1 unspecified atom stereocenters. The van der Waals surface area contributed by atoms with Gasteiger partial charge in [0.25, 0.3) is 5.71 Å². The molecule has 70 valence electrons. The van der Waals surface area contributed by atoms with E-state index in [9.17, 15) is 0 Å². The average Bonchev–Trinajstić information content (AvgIpc) is 2.65. The smallest absolute Gasteiger partial charge is 0.275 e. The number of nitrogens with two attached hydrogens (primary N) is 1. The highest BCUT2D eigenvalue weighted by molar-refractivity contribution is 5.86. The van der Waals surface area contributed by atoms with E-state index in [2.05, 4.69) is 28.0 Å². The zero-order chi connectivity index (χ0) is 9.71. The van der Waals surface area contributed by atoms with Gasteiger partial charge in [-0.3, -0.25) is 4.90 Å². The summed E-state index contributed by atoms with van der Waals surface area (Å²) in [5, 5.41) is 0. The van der Waals surface area contributed by atoms with E-state index in [1.807, 2.05) is 25.4 Å². The van der Waals surface area contributed by atoms with Crippen LogP contribution < -0.4 is 5.84 Å². The Kier molecular flexibility index (Phi) is 1.27. The van der Waals surface area contributed by atoms with E-state index in [0.29, 0.717) is 0 Å². The molecule has 14 heavy (non-hydrogen) atoms. The van der Waals surface area contributed by atoms with E-state index in [0.717, 1.165) is 5.71 Å². The predicted molar refractivity (Wildman–Crippen MR) is 53.4 cm³/mol. The van der Waals surface area contributed by atoms with Crippen molar-refractivity contribution in [2.75, 3.05) is 0 Å². The second-order valence-corrected chi connectivity index (χ2v) is 3.65. The Bertz CT molecular complexity index is 451. The van der Waals surface area contributed by atoms with E-state index in [4.69, 9.17) is 5.84 Å². The van der Waals surface area contributed by atoms with Crippen LogP contribution in [0.3, 0.4) is 0 Å². The van der Waals surface area contributed by atoms with Crippen LogP contribution in [-0.2, 0) is 0 Å². The number of hydrazone groups is 1. The van der Waals surface area contributed by atoms with Gasteiger partial charge in [0.1, 0.15) is 5.70 Å². The lowest BCUT2D eigenvalue weighted by atomic mass is 10.2. The summed E-state index contributed by atoms with van der Waals surface area (Å²) in [6.45, 7) is 2.05. The first-order chi connectivity index (χ1) is 6.77. The summed E-state index contributed by atoms with van der Waals surface area (Å²) < 4.78 is 3.79. The molecule has 4 heteroatoms. The fraction of sp³-hybridized carbons (Fsp3) is 0.200. The number of fused-ring (bicyclic) bond motifs is 3. The molecule has 0 aromatic heterocycles. The first-order valence-electron chi connectivity index (χ1n) is 4.62. The fourth-order valence-corrected chi connectivity index (χ4v) is 2.05. The third kappa shape index (κ3) is 0.775. The molecule has 0 aromatic rings. The summed E-state index contributed by atoms with van der Waals surface area (Å²) in [5.74, 6) is 5.79. The van der Waals surface area contributed by atoms with Gasteiger partial charge in [-0.2, -0.15) is 0 Å². The Morgan fingerprint density at radius 1 is 1.43 bits per heavy atom. The molecule has 3 heterocycles. The van der Waals surface area contributed by atoms with Gasteiger partial charge in [-0.15, -0.1) is 4.58 Å². The molecule has 0 saturated carbocycles. The molecule has 0 amide bonds. The topological polar surface area (TPSA) is 35.3 Å². The number of hydrogen-bond acceptors (Lipinski definition) is 2. The SMILES string of the molecule is CC1=[N+](N)C=[N+]2C=C3C=CC=CN3C12. The third-order valence-corrected chi connectivity index (χ3v) is 2.79. The highest BCUT2D eigenvalue weighted by Crippen LogP contribution is 2.25. The van der Waals surface area contributed by atoms with Crippen molar-refractivity contribution in [3.63, 3.8) is 0 Å². The summed E-state index contributed by atoms with van der Waals surface area (Å²) in [5.41, 5.74) is 2.34. The minimum atomic E-state index is 0.233. The van der Waals surface area contributed by atoms with Gasteiger partial charge in [-0.1, -0.05) is 6.08 Å². The average molecular weight is 188 g/mol. The third-order valence-electron chi connectivity index (χ3n) is 2.79. The largest absolute Gasteiger partial charge is 0.437 e. The van der Waals surface area contributed by atoms with Crippen LogP contribution in [0, 0.1) is 0 Å². The fourth-order valence-electron chi connectivity index (χ4n) is 2.05. The van der Waals surface area contributed by atoms with Crippen molar-refractivity contribution in [1.82, 2.24) is 4.90 Å². The first kappa shape index (κ1) is 7.55. The molecular weight excluding hydrogens is 176 g/mol. The minimum Gasteiger partial charge on any atom is -0.275 e. The van der Waals surface area contributed by atoms with E-state index >= 15 is 0 Å². The number of rotatable bonds is 0. The number of nitrogens with zero attached hydrogens (tertiary/aromatic N) is 3. The van der Waals surface area contributed by atoms with Crippen LogP contribution in [-0.4, -0.2) is 32.4 Å². The van der Waals surface area contributed by atoms with Crippen molar-refractivity contribution in [2.45, 2.75) is 13.1 Å². The lowest BCUT2D eigenvalue weighted by Crippen LogP contribution is -2.37. The molecular formula is C10H12N4+2. The van der Waals surface area contributed by atoms with Gasteiger partial charge in [0, 0.05) is 13.1 Å². The van der Waals surface area contributed by atoms with Gasteiger partial charge < -0.3 is 0 Å². The van der Waals surface area contributed by atoms with E-state index in [-0.39, 0.29) is 6.17 Å². The summed E-state index contributed by atoms with van der Waals surface area (Å²) >= 11 is 0. The predicted octanol–water partition coefficient (Wildman–Crippen LogP) is -0.0455. The Morgan fingerprint density at radius 3 is 3.14 bits per heavy atom. The van der Waals surface area contributed by atoms with Gasteiger partial charge in [0.2, 0.25) is 6.20 Å². The maximum atomic E-state index is 5.79. The monoisotopic (exact) mass is 188 g/mol. The van der Waals surface area contributed by atoms with Crippen molar-refractivity contribution in [2.24, 2.45) is 5.84 Å². The Morgan fingerprint density at radius 2 is 2.29 bits per heavy atom. The summed E-state index contributed by atoms with van der Waals surface area (Å²) in [4.78, 5) is 2.21. The minimum absolute atomic E-state index is 0.233. The van der Waals surface area contributed by atoms with Gasteiger partial charge in [0.15, 0.2) is 0 Å². The second-order valence-electron chi connectivity index (χ2n) is 3.65. The molecule has 0 aromatic carbocycles. The zero-order valence-corrected chi connectivity index (χ0v) is 7.96. The Balaban J connectivity index is 2.10. The summed E-state index contributed by atoms with van der Waals surface area (Å²) in [6, 6.07) is 0. The van der Waals surface area contributed by atoms with Crippen LogP contribution >= 0.6 is 0 Å². The molecule has 0 spiro atoms. The lowest BCUT2D eigenvalue weighted by molar-refractivity contribution is -0.511. The molecule has 0 bridgehead atoms. The van der Waals surface area contributed by atoms with Crippen LogP contribution in [0.2, 0.25) is 0 Å². The van der Waals surface area contributed by atoms with Crippen molar-refractivity contribution in [3.8, 4) is 0 Å². The molecule has 3 aliphatic rings. The Hall–Kier alpha value is -1.84. The Labute approximate surface area is 82.2 Å². The standard InChI is InChI=1S/C10H12N4/c1-8-10-12(7-14(8)11)6-9-4-2-3-5-13(9)10/h2-7,10H,11H2,1H3/q+2. The van der Waals surface area contributed by atoms with E-state index in [1.54, 1.807) is 4.68 Å². The van der Waals surface area contributed by atoms with Gasteiger partial charge in [0.05, 0.1) is 0 Å². The summed E-state index contributed by atoms with van der Waals surface area (Å²) in [7, 11) is 0. The number of hydrazine groups is 1. The van der Waals surface area contributed by atoms with Crippen LogP contribution in [0.5, 0.6) is 0 Å². The van der Waals surface area contributed by atoms with Crippen LogP contribution in [0.15, 0.2) is 36.3 Å². The van der Waals surface area contributed by atoms with E-state index in [1.165, 1.54) is 5.70 Å². The molecule has 3 rings (SSSR count). The molecule has 3 aliphatic heterocycles. The molecule has 0 radical (unpaired) electrons. The molecule has 4 nitrogen and oxygen atoms in total. The van der Waals surface area contributed by atoms with Crippen molar-refractivity contribution >= 4 is 12.1 Å².